The maximum Gasteiger partial charge on any atom is 0.220 e. The second-order valence-corrected chi connectivity index (χ2v) is 3.15. The van der Waals surface area contributed by atoms with Crippen molar-refractivity contribution >= 4 is 5.91 Å². The van der Waals surface area contributed by atoms with Gasteiger partial charge < -0.3 is 11.1 Å². The summed E-state index contributed by atoms with van der Waals surface area (Å²) in [5.41, 5.74) is 5.39. The summed E-state index contributed by atoms with van der Waals surface area (Å²) in [6.07, 6.45) is 0.425. The number of carbonyl (C=O) groups is 1. The lowest BCUT2D eigenvalue weighted by Gasteiger charge is -2.07. The first kappa shape index (κ1) is 10.6. The van der Waals surface area contributed by atoms with Crippen molar-refractivity contribution in [3.05, 3.63) is 5.82 Å². The van der Waals surface area contributed by atoms with Crippen LogP contribution < -0.4 is 11.1 Å². The number of hydrogen-bond acceptors (Lipinski definition) is 5. The zero-order chi connectivity index (χ0) is 10.4. The van der Waals surface area contributed by atoms with Gasteiger partial charge in [-0.2, -0.15) is 5.21 Å². The molecule has 1 atom stereocenters. The molecule has 0 aromatic carbocycles. The molecule has 0 radical (unpaired) electrons. The highest BCUT2D eigenvalue weighted by Gasteiger charge is 2.07. The van der Waals surface area contributed by atoms with Gasteiger partial charge in [0.25, 0.3) is 0 Å². The maximum atomic E-state index is 11.3. The van der Waals surface area contributed by atoms with Crippen molar-refractivity contribution < 1.29 is 4.79 Å². The molecule has 0 aliphatic heterocycles. The van der Waals surface area contributed by atoms with Gasteiger partial charge in [0.05, 0.1) is 6.54 Å². The normalized spacial score (nSPS) is 12.4. The Morgan fingerprint density at radius 1 is 1.71 bits per heavy atom. The van der Waals surface area contributed by atoms with Gasteiger partial charge in [-0.05, 0) is 12.5 Å². The second kappa shape index (κ2) is 5.28. The molecule has 1 aromatic rings. The average molecular weight is 198 g/mol. The Bertz CT molecular complexity index is 272. The molecule has 0 bridgehead atoms. The first-order valence-electron chi connectivity index (χ1n) is 4.41. The van der Waals surface area contributed by atoms with Crippen molar-refractivity contribution in [2.24, 2.45) is 11.7 Å². The third kappa shape index (κ3) is 3.48. The average Bonchev–Trinajstić information content (AvgIpc) is 2.67. The molecule has 78 valence electrons. The van der Waals surface area contributed by atoms with Gasteiger partial charge in [0.1, 0.15) is 0 Å². The highest BCUT2D eigenvalue weighted by molar-refractivity contribution is 5.75. The van der Waals surface area contributed by atoms with Crippen LogP contribution in [-0.2, 0) is 11.3 Å². The Morgan fingerprint density at radius 3 is 3.07 bits per heavy atom. The van der Waals surface area contributed by atoms with E-state index in [1.165, 1.54) is 0 Å². The number of H-pyrrole nitrogens is 1. The molecular weight excluding hydrogens is 184 g/mol. The Balaban J connectivity index is 2.22. The van der Waals surface area contributed by atoms with Gasteiger partial charge in [-0.25, -0.2) is 0 Å². The number of nitrogens with zero attached hydrogens (tertiary/aromatic N) is 3. The van der Waals surface area contributed by atoms with Crippen molar-refractivity contribution in [3.8, 4) is 0 Å². The predicted octanol–water partition coefficient (Wildman–Crippen LogP) is -1.20. The zero-order valence-electron chi connectivity index (χ0n) is 8.03. The van der Waals surface area contributed by atoms with Crippen molar-refractivity contribution in [1.29, 1.82) is 0 Å². The van der Waals surface area contributed by atoms with Crippen LogP contribution in [0.1, 0.15) is 19.2 Å². The highest BCUT2D eigenvalue weighted by atomic mass is 16.1. The van der Waals surface area contributed by atoms with E-state index in [1.807, 2.05) is 6.92 Å². The number of tetrazole rings is 1. The number of nitrogens with one attached hydrogen (secondary N) is 2. The Hall–Kier alpha value is -1.50. The van der Waals surface area contributed by atoms with Crippen LogP contribution in [0.15, 0.2) is 0 Å². The molecule has 7 heteroatoms. The Kier molecular flexibility index (Phi) is 3.99. The van der Waals surface area contributed by atoms with Crippen LogP contribution in [0.25, 0.3) is 0 Å². The van der Waals surface area contributed by atoms with E-state index < -0.39 is 0 Å². The first-order chi connectivity index (χ1) is 6.72. The number of nitrogens with two attached hydrogens (primary N) is 1. The first-order valence-corrected chi connectivity index (χ1v) is 4.41. The van der Waals surface area contributed by atoms with Gasteiger partial charge in [0.15, 0.2) is 5.82 Å². The molecule has 1 rings (SSSR count). The third-order valence-corrected chi connectivity index (χ3v) is 1.77. The van der Waals surface area contributed by atoms with Gasteiger partial charge in [-0.15, -0.1) is 10.2 Å². The van der Waals surface area contributed by atoms with E-state index in [0.29, 0.717) is 25.3 Å². The standard InChI is InChI=1S/C7H14N6O/c1-5(3-8)2-7(14)9-4-6-10-12-13-11-6/h5H,2-4,8H2,1H3,(H,9,14)(H,10,11,12,13). The molecule has 4 N–H and O–H groups in total. The number of rotatable bonds is 5. The Labute approximate surface area is 81.4 Å². The van der Waals surface area contributed by atoms with Crippen LogP contribution in [0.3, 0.4) is 0 Å². The minimum absolute atomic E-state index is 0.0484. The van der Waals surface area contributed by atoms with Crippen LogP contribution in [-0.4, -0.2) is 33.1 Å². The molecule has 0 aliphatic rings. The van der Waals surface area contributed by atoms with Gasteiger partial charge in [0, 0.05) is 6.42 Å². The SMILES string of the molecule is CC(CN)CC(=O)NCc1nn[nH]n1. The van der Waals surface area contributed by atoms with Crippen molar-refractivity contribution in [3.63, 3.8) is 0 Å². The van der Waals surface area contributed by atoms with E-state index in [4.69, 9.17) is 5.73 Å². The fourth-order valence-electron chi connectivity index (χ4n) is 0.907. The smallest absolute Gasteiger partial charge is 0.220 e. The highest BCUT2D eigenvalue weighted by Crippen LogP contribution is 1.98. The number of aromatic amines is 1. The molecule has 0 spiro atoms. The van der Waals surface area contributed by atoms with Crippen LogP contribution in [0.5, 0.6) is 0 Å². The predicted molar refractivity (Wildman–Crippen MR) is 48.9 cm³/mol. The zero-order valence-corrected chi connectivity index (χ0v) is 8.03. The Morgan fingerprint density at radius 2 is 2.50 bits per heavy atom. The summed E-state index contributed by atoms with van der Waals surface area (Å²) in [7, 11) is 0. The van der Waals surface area contributed by atoms with E-state index in [1.54, 1.807) is 0 Å². The van der Waals surface area contributed by atoms with Crippen LogP contribution in [0.4, 0.5) is 0 Å². The molecule has 1 amide bonds. The van der Waals surface area contributed by atoms with Gasteiger partial charge in [-0.3, -0.25) is 4.79 Å². The van der Waals surface area contributed by atoms with Crippen molar-refractivity contribution in [1.82, 2.24) is 25.9 Å². The number of carbonyl (C=O) groups excluding carboxylic acids is 1. The van der Waals surface area contributed by atoms with Crippen LogP contribution in [0.2, 0.25) is 0 Å². The third-order valence-electron chi connectivity index (χ3n) is 1.77. The quantitative estimate of drug-likeness (QED) is 0.550. The minimum Gasteiger partial charge on any atom is -0.349 e. The molecule has 0 saturated heterocycles. The summed E-state index contributed by atoms with van der Waals surface area (Å²) in [5, 5.41) is 15.7. The van der Waals surface area contributed by atoms with Gasteiger partial charge >= 0.3 is 0 Å². The van der Waals surface area contributed by atoms with E-state index in [2.05, 4.69) is 25.9 Å². The van der Waals surface area contributed by atoms with E-state index in [0.717, 1.165) is 0 Å². The van der Waals surface area contributed by atoms with E-state index in [-0.39, 0.29) is 11.8 Å². The maximum absolute atomic E-state index is 11.3. The lowest BCUT2D eigenvalue weighted by atomic mass is 10.1. The van der Waals surface area contributed by atoms with Crippen molar-refractivity contribution in [2.45, 2.75) is 19.9 Å². The number of aromatic nitrogens is 4. The van der Waals surface area contributed by atoms with E-state index >= 15 is 0 Å². The number of hydrogen-bond donors (Lipinski definition) is 3. The molecule has 1 heterocycles. The lowest BCUT2D eigenvalue weighted by molar-refractivity contribution is -0.122. The summed E-state index contributed by atoms with van der Waals surface area (Å²) >= 11 is 0. The second-order valence-electron chi connectivity index (χ2n) is 3.15. The molecule has 0 aliphatic carbocycles. The monoisotopic (exact) mass is 198 g/mol. The summed E-state index contributed by atoms with van der Waals surface area (Å²) < 4.78 is 0. The number of amides is 1. The molecule has 0 saturated carbocycles. The van der Waals surface area contributed by atoms with Gasteiger partial charge in [0.2, 0.25) is 5.91 Å². The summed E-state index contributed by atoms with van der Waals surface area (Å²) in [6, 6.07) is 0. The lowest BCUT2D eigenvalue weighted by Crippen LogP contribution is -2.27. The van der Waals surface area contributed by atoms with Crippen LogP contribution >= 0.6 is 0 Å². The molecular formula is C7H14N6O. The molecule has 14 heavy (non-hydrogen) atoms. The summed E-state index contributed by atoms with van der Waals surface area (Å²) in [4.78, 5) is 11.3. The molecule has 1 unspecified atom stereocenters. The topological polar surface area (TPSA) is 110 Å². The fraction of sp³-hybridized carbons (Fsp3) is 0.714. The minimum atomic E-state index is -0.0484. The fourth-order valence-corrected chi connectivity index (χ4v) is 0.907. The van der Waals surface area contributed by atoms with Gasteiger partial charge in [-0.1, -0.05) is 12.1 Å². The van der Waals surface area contributed by atoms with E-state index in [9.17, 15) is 4.79 Å². The van der Waals surface area contributed by atoms with Crippen molar-refractivity contribution in [2.75, 3.05) is 6.54 Å². The molecule has 1 aromatic heterocycles. The molecule has 0 fully saturated rings. The van der Waals surface area contributed by atoms with Crippen LogP contribution in [0, 0.1) is 5.92 Å². The largest absolute Gasteiger partial charge is 0.349 e. The summed E-state index contributed by atoms with van der Waals surface area (Å²) in [6.45, 7) is 2.73. The summed E-state index contributed by atoms with van der Waals surface area (Å²) in [5.74, 6) is 0.617. The molecule has 7 nitrogen and oxygen atoms in total.